The Kier molecular flexibility index (Phi) is 5.24. The van der Waals surface area contributed by atoms with Crippen LogP contribution in [0, 0.1) is 0 Å². The fourth-order valence-electron chi connectivity index (χ4n) is 2.87. The quantitative estimate of drug-likeness (QED) is 0.733. The summed E-state index contributed by atoms with van der Waals surface area (Å²) in [4.78, 5) is 12.2. The maximum atomic E-state index is 12.2. The van der Waals surface area contributed by atoms with Crippen LogP contribution < -0.4 is 5.32 Å². The smallest absolute Gasteiger partial charge is 0.224 e. The highest BCUT2D eigenvalue weighted by Crippen LogP contribution is 2.18. The minimum Gasteiger partial charge on any atom is -0.391 e. The molecular formula is C21H21NO2. The molecular weight excluding hydrogens is 298 g/mol. The van der Waals surface area contributed by atoms with E-state index in [4.69, 9.17) is 0 Å². The molecule has 0 fully saturated rings. The summed E-state index contributed by atoms with van der Waals surface area (Å²) in [6, 6.07) is 23.8. The summed E-state index contributed by atoms with van der Waals surface area (Å²) < 4.78 is 0. The Hall–Kier alpha value is -2.65. The lowest BCUT2D eigenvalue weighted by atomic mass is 10.0. The Labute approximate surface area is 142 Å². The molecule has 0 heterocycles. The number of carbonyl (C=O) groups excluding carboxylic acids is 1. The highest BCUT2D eigenvalue weighted by Gasteiger charge is 2.10. The lowest BCUT2D eigenvalue weighted by molar-refractivity contribution is -0.120. The van der Waals surface area contributed by atoms with E-state index in [9.17, 15) is 9.90 Å². The van der Waals surface area contributed by atoms with Crippen molar-refractivity contribution in [3.05, 3.63) is 83.9 Å². The number of nitrogens with one attached hydrogen (secondary N) is 1. The summed E-state index contributed by atoms with van der Waals surface area (Å²) in [7, 11) is 0. The molecule has 3 aromatic carbocycles. The first-order valence-electron chi connectivity index (χ1n) is 8.18. The summed E-state index contributed by atoms with van der Waals surface area (Å²) in [6.45, 7) is 0.262. The van der Waals surface area contributed by atoms with Crippen molar-refractivity contribution in [3.63, 3.8) is 0 Å². The van der Waals surface area contributed by atoms with Crippen molar-refractivity contribution in [2.45, 2.75) is 18.9 Å². The number of rotatable bonds is 6. The van der Waals surface area contributed by atoms with E-state index in [1.807, 2.05) is 72.8 Å². The summed E-state index contributed by atoms with van der Waals surface area (Å²) in [5.41, 5.74) is 2.07. The predicted molar refractivity (Wildman–Crippen MR) is 96.8 cm³/mol. The van der Waals surface area contributed by atoms with E-state index in [1.54, 1.807) is 0 Å². The van der Waals surface area contributed by atoms with Crippen LogP contribution in [0.4, 0.5) is 0 Å². The van der Waals surface area contributed by atoms with Gasteiger partial charge in [0.15, 0.2) is 0 Å². The number of carbonyl (C=O) groups is 1. The van der Waals surface area contributed by atoms with Crippen LogP contribution in [0.1, 0.15) is 11.1 Å². The second kappa shape index (κ2) is 7.75. The molecule has 1 unspecified atom stereocenters. The molecule has 3 nitrogen and oxygen atoms in total. The first-order chi connectivity index (χ1) is 11.7. The SMILES string of the molecule is O=C(Cc1cccc2ccccc12)NCC(O)Cc1ccccc1. The molecule has 0 radical (unpaired) electrons. The van der Waals surface area contributed by atoms with Crippen molar-refractivity contribution in [3.8, 4) is 0 Å². The van der Waals surface area contributed by atoms with Crippen LogP contribution >= 0.6 is 0 Å². The number of benzene rings is 3. The standard InChI is InChI=1S/C21H21NO2/c23-19(13-16-7-2-1-3-8-16)15-22-21(24)14-18-11-6-10-17-9-4-5-12-20(17)18/h1-12,19,23H,13-15H2,(H,22,24). The van der Waals surface area contributed by atoms with Crippen LogP contribution in [0.25, 0.3) is 10.8 Å². The summed E-state index contributed by atoms with van der Waals surface area (Å²) in [5.74, 6) is -0.0709. The molecule has 0 saturated heterocycles. The van der Waals surface area contributed by atoms with Crippen molar-refractivity contribution in [1.82, 2.24) is 5.32 Å². The van der Waals surface area contributed by atoms with Gasteiger partial charge in [-0.2, -0.15) is 0 Å². The lowest BCUT2D eigenvalue weighted by Crippen LogP contribution is -2.34. The van der Waals surface area contributed by atoms with Crippen molar-refractivity contribution in [2.24, 2.45) is 0 Å². The van der Waals surface area contributed by atoms with Crippen LogP contribution in [-0.4, -0.2) is 23.7 Å². The predicted octanol–water partition coefficient (Wildman–Crippen LogP) is 3.10. The maximum absolute atomic E-state index is 12.2. The van der Waals surface area contributed by atoms with Gasteiger partial charge in [0.25, 0.3) is 0 Å². The molecule has 0 aliphatic carbocycles. The van der Waals surface area contributed by atoms with E-state index >= 15 is 0 Å². The molecule has 122 valence electrons. The molecule has 1 atom stereocenters. The van der Waals surface area contributed by atoms with Crippen molar-refractivity contribution in [1.29, 1.82) is 0 Å². The molecule has 1 amide bonds. The summed E-state index contributed by atoms with van der Waals surface area (Å²) in [6.07, 6.45) is 0.276. The van der Waals surface area contributed by atoms with Gasteiger partial charge in [-0.25, -0.2) is 0 Å². The molecule has 3 aromatic rings. The van der Waals surface area contributed by atoms with Crippen LogP contribution in [0.3, 0.4) is 0 Å². The number of hydrogen-bond donors (Lipinski definition) is 2. The van der Waals surface area contributed by atoms with Gasteiger partial charge in [-0.3, -0.25) is 4.79 Å². The normalized spacial score (nSPS) is 12.0. The van der Waals surface area contributed by atoms with E-state index in [0.29, 0.717) is 12.8 Å². The zero-order chi connectivity index (χ0) is 16.8. The van der Waals surface area contributed by atoms with Gasteiger partial charge in [-0.05, 0) is 21.9 Å². The molecule has 3 heteroatoms. The monoisotopic (exact) mass is 319 g/mol. The van der Waals surface area contributed by atoms with Crippen LogP contribution in [0.5, 0.6) is 0 Å². The van der Waals surface area contributed by atoms with E-state index in [2.05, 4.69) is 5.32 Å². The minimum atomic E-state index is -0.580. The Bertz CT molecular complexity index is 809. The average molecular weight is 319 g/mol. The maximum Gasteiger partial charge on any atom is 0.224 e. The molecule has 24 heavy (non-hydrogen) atoms. The molecule has 0 spiro atoms. The Morgan fingerprint density at radius 1 is 0.917 bits per heavy atom. The zero-order valence-corrected chi connectivity index (χ0v) is 13.5. The third kappa shape index (κ3) is 4.21. The van der Waals surface area contributed by atoms with Crippen LogP contribution in [0.2, 0.25) is 0 Å². The zero-order valence-electron chi connectivity index (χ0n) is 13.5. The van der Waals surface area contributed by atoms with E-state index in [-0.39, 0.29) is 12.5 Å². The first kappa shape index (κ1) is 16.2. The minimum absolute atomic E-state index is 0.0709. The molecule has 2 N–H and O–H groups in total. The Morgan fingerprint density at radius 2 is 1.62 bits per heavy atom. The molecule has 0 aromatic heterocycles. The van der Waals surface area contributed by atoms with Crippen molar-refractivity contribution < 1.29 is 9.90 Å². The van der Waals surface area contributed by atoms with Gasteiger partial charge in [0.05, 0.1) is 12.5 Å². The van der Waals surface area contributed by atoms with Gasteiger partial charge in [-0.15, -0.1) is 0 Å². The van der Waals surface area contributed by atoms with Gasteiger partial charge in [0.2, 0.25) is 5.91 Å². The van der Waals surface area contributed by atoms with Crippen molar-refractivity contribution in [2.75, 3.05) is 6.54 Å². The lowest BCUT2D eigenvalue weighted by Gasteiger charge is -2.12. The molecule has 0 aliphatic heterocycles. The number of hydrogen-bond acceptors (Lipinski definition) is 2. The first-order valence-corrected chi connectivity index (χ1v) is 8.18. The topological polar surface area (TPSA) is 49.3 Å². The van der Waals surface area contributed by atoms with Gasteiger partial charge >= 0.3 is 0 Å². The third-order valence-electron chi connectivity index (χ3n) is 4.08. The van der Waals surface area contributed by atoms with Gasteiger partial charge in [-0.1, -0.05) is 72.8 Å². The highest BCUT2D eigenvalue weighted by atomic mass is 16.3. The molecule has 0 bridgehead atoms. The second-order valence-corrected chi connectivity index (χ2v) is 5.96. The van der Waals surface area contributed by atoms with E-state index < -0.39 is 6.10 Å². The van der Waals surface area contributed by atoms with Gasteiger partial charge in [0.1, 0.15) is 0 Å². The van der Waals surface area contributed by atoms with E-state index in [0.717, 1.165) is 21.9 Å². The Balaban J connectivity index is 1.55. The van der Waals surface area contributed by atoms with Crippen LogP contribution in [-0.2, 0) is 17.6 Å². The number of fused-ring (bicyclic) bond motifs is 1. The molecule has 0 aliphatic rings. The molecule has 3 rings (SSSR count). The Morgan fingerprint density at radius 3 is 2.46 bits per heavy atom. The third-order valence-corrected chi connectivity index (χ3v) is 4.08. The molecule has 0 saturated carbocycles. The number of aliphatic hydroxyl groups is 1. The van der Waals surface area contributed by atoms with Gasteiger partial charge < -0.3 is 10.4 Å². The fraction of sp³-hybridized carbons (Fsp3) is 0.190. The fourth-order valence-corrected chi connectivity index (χ4v) is 2.87. The second-order valence-electron chi connectivity index (χ2n) is 5.96. The van der Waals surface area contributed by atoms with Crippen LogP contribution in [0.15, 0.2) is 72.8 Å². The number of aliphatic hydroxyl groups excluding tert-OH is 1. The number of amides is 1. The summed E-state index contributed by atoms with van der Waals surface area (Å²) in [5, 5.41) is 15.1. The van der Waals surface area contributed by atoms with Gasteiger partial charge in [0, 0.05) is 13.0 Å². The largest absolute Gasteiger partial charge is 0.391 e. The van der Waals surface area contributed by atoms with E-state index in [1.165, 1.54) is 0 Å². The highest BCUT2D eigenvalue weighted by molar-refractivity contribution is 5.90. The summed E-state index contributed by atoms with van der Waals surface area (Å²) >= 11 is 0. The van der Waals surface area contributed by atoms with Crippen molar-refractivity contribution >= 4 is 16.7 Å². The average Bonchev–Trinajstić information content (AvgIpc) is 2.61.